The third-order valence-electron chi connectivity index (χ3n) is 5.08. The van der Waals surface area contributed by atoms with E-state index >= 15 is 0 Å². The first-order valence-corrected chi connectivity index (χ1v) is 7.89. The first-order chi connectivity index (χ1) is 11.1. The molecule has 3 aliphatic carbocycles. The van der Waals surface area contributed by atoms with Gasteiger partial charge in [0, 0.05) is 6.20 Å². The van der Waals surface area contributed by atoms with Gasteiger partial charge in [-0.3, -0.25) is 19.3 Å². The maximum Gasteiger partial charge on any atom is 0.245 e. The smallest absolute Gasteiger partial charge is 0.245 e. The molecule has 23 heavy (non-hydrogen) atoms. The van der Waals surface area contributed by atoms with E-state index in [4.69, 9.17) is 0 Å². The fourth-order valence-electron chi connectivity index (χ4n) is 4.05. The molecule has 4 aliphatic rings. The molecule has 118 valence electrons. The number of fused-ring (bicyclic) bond motifs is 1. The zero-order valence-electron chi connectivity index (χ0n) is 12.5. The molecule has 2 bridgehead atoms. The van der Waals surface area contributed by atoms with E-state index in [1.54, 1.807) is 24.4 Å². The number of hydrogen-bond donors (Lipinski definition) is 1. The number of allylic oxidation sites excluding steroid dienone is 2. The summed E-state index contributed by atoms with van der Waals surface area (Å²) in [5, 5.41) is 2.62. The van der Waals surface area contributed by atoms with Crippen LogP contribution in [0.15, 0.2) is 36.5 Å². The Morgan fingerprint density at radius 1 is 1.13 bits per heavy atom. The number of pyridine rings is 1. The van der Waals surface area contributed by atoms with E-state index in [0.29, 0.717) is 5.82 Å². The van der Waals surface area contributed by atoms with E-state index in [9.17, 15) is 14.4 Å². The molecule has 1 aliphatic heterocycles. The highest BCUT2D eigenvalue weighted by Gasteiger charge is 2.56. The van der Waals surface area contributed by atoms with Gasteiger partial charge in [0.05, 0.1) is 11.8 Å². The molecule has 2 fully saturated rings. The highest BCUT2D eigenvalue weighted by atomic mass is 16.2. The monoisotopic (exact) mass is 311 g/mol. The zero-order chi connectivity index (χ0) is 16.0. The second-order valence-electron chi connectivity index (χ2n) is 6.37. The highest BCUT2D eigenvalue weighted by Crippen LogP contribution is 2.49. The predicted molar refractivity (Wildman–Crippen MR) is 81.9 cm³/mol. The van der Waals surface area contributed by atoms with Crippen LogP contribution in [-0.2, 0) is 14.4 Å². The van der Waals surface area contributed by atoms with Crippen LogP contribution < -0.4 is 5.32 Å². The molecule has 0 spiro atoms. The number of amides is 3. The number of aromatic nitrogens is 1. The van der Waals surface area contributed by atoms with Crippen molar-refractivity contribution in [2.75, 3.05) is 11.9 Å². The van der Waals surface area contributed by atoms with Crippen LogP contribution in [0.1, 0.15) is 12.8 Å². The maximum absolute atomic E-state index is 12.6. The van der Waals surface area contributed by atoms with Crippen LogP contribution in [-0.4, -0.2) is 34.2 Å². The molecule has 0 unspecified atom stereocenters. The Bertz CT molecular complexity index is 668. The summed E-state index contributed by atoms with van der Waals surface area (Å²) in [7, 11) is 0. The fourth-order valence-corrected chi connectivity index (χ4v) is 4.05. The predicted octanol–water partition coefficient (Wildman–Crippen LogP) is 1.22. The van der Waals surface area contributed by atoms with Crippen LogP contribution in [0.3, 0.4) is 0 Å². The van der Waals surface area contributed by atoms with E-state index in [0.717, 1.165) is 17.7 Å². The number of imide groups is 1. The minimum atomic E-state index is -0.399. The van der Waals surface area contributed by atoms with Crippen LogP contribution in [0.5, 0.6) is 0 Å². The lowest BCUT2D eigenvalue weighted by Gasteiger charge is -2.38. The Balaban J connectivity index is 1.49. The van der Waals surface area contributed by atoms with E-state index in [-0.39, 0.29) is 42.0 Å². The largest absolute Gasteiger partial charge is 0.309 e. The van der Waals surface area contributed by atoms with Crippen molar-refractivity contribution >= 4 is 23.5 Å². The summed E-state index contributed by atoms with van der Waals surface area (Å²) in [4.78, 5) is 42.5. The first kappa shape index (κ1) is 14.1. The third-order valence-corrected chi connectivity index (χ3v) is 5.08. The number of likely N-dealkylation sites (tertiary alicyclic amines) is 1. The first-order valence-electron chi connectivity index (χ1n) is 7.89. The van der Waals surface area contributed by atoms with Gasteiger partial charge in [0.25, 0.3) is 0 Å². The Morgan fingerprint density at radius 3 is 2.30 bits per heavy atom. The molecule has 1 aromatic rings. The Labute approximate surface area is 133 Å². The SMILES string of the molecule is O=C(CN1C(=O)[C@@H]2[C@@H](C1=O)[C@H]1C=C[C@H]2CC1)Nc1ccccn1. The van der Waals surface area contributed by atoms with E-state index in [1.165, 1.54) is 0 Å². The number of nitrogens with one attached hydrogen (secondary N) is 1. The van der Waals surface area contributed by atoms with Gasteiger partial charge in [0.15, 0.2) is 0 Å². The van der Waals surface area contributed by atoms with Gasteiger partial charge in [-0.15, -0.1) is 0 Å². The molecule has 0 aromatic carbocycles. The van der Waals surface area contributed by atoms with Crippen LogP contribution in [0.25, 0.3) is 0 Å². The van der Waals surface area contributed by atoms with Crippen molar-refractivity contribution in [1.29, 1.82) is 0 Å². The molecule has 1 aromatic heterocycles. The van der Waals surface area contributed by atoms with Gasteiger partial charge in [0.2, 0.25) is 17.7 Å². The standard InChI is InChI=1S/C17H17N3O3/c21-13(19-12-3-1-2-8-18-12)9-20-16(22)14-10-4-5-11(7-6-10)15(14)17(20)23/h1-5,8,10-11,14-15H,6-7,9H2,(H,18,19,21)/t10-,11-,14-,15-/m0/s1. The highest BCUT2D eigenvalue weighted by molar-refractivity contribution is 6.09. The molecule has 1 saturated heterocycles. The number of carbonyl (C=O) groups is 3. The van der Waals surface area contributed by atoms with E-state index in [1.807, 2.05) is 0 Å². The normalized spacial score (nSPS) is 31.4. The number of carbonyl (C=O) groups excluding carboxylic acids is 3. The topological polar surface area (TPSA) is 79.4 Å². The van der Waals surface area contributed by atoms with Crippen molar-refractivity contribution in [2.24, 2.45) is 23.7 Å². The lowest BCUT2D eigenvalue weighted by Crippen LogP contribution is -2.38. The van der Waals surface area contributed by atoms with Crippen molar-refractivity contribution in [2.45, 2.75) is 12.8 Å². The second-order valence-corrected chi connectivity index (χ2v) is 6.37. The Hall–Kier alpha value is -2.50. The maximum atomic E-state index is 12.6. The van der Waals surface area contributed by atoms with Crippen molar-refractivity contribution in [3.05, 3.63) is 36.5 Å². The minimum absolute atomic E-state index is 0.144. The molecule has 6 heteroatoms. The van der Waals surface area contributed by atoms with Crippen molar-refractivity contribution in [1.82, 2.24) is 9.88 Å². The summed E-state index contributed by atoms with van der Waals surface area (Å²) in [6.45, 7) is -0.235. The molecule has 3 amide bonds. The van der Waals surface area contributed by atoms with Gasteiger partial charge in [-0.1, -0.05) is 18.2 Å². The summed E-state index contributed by atoms with van der Waals surface area (Å²) in [6, 6.07) is 5.17. The number of rotatable bonds is 3. The summed E-state index contributed by atoms with van der Waals surface area (Å²) in [6.07, 6.45) is 7.61. The molecule has 2 heterocycles. The van der Waals surface area contributed by atoms with Gasteiger partial charge < -0.3 is 5.32 Å². The van der Waals surface area contributed by atoms with Crippen molar-refractivity contribution in [3.8, 4) is 0 Å². The molecule has 5 rings (SSSR count). The van der Waals surface area contributed by atoms with Crippen molar-refractivity contribution < 1.29 is 14.4 Å². The molecule has 1 saturated carbocycles. The number of hydrogen-bond acceptors (Lipinski definition) is 4. The van der Waals surface area contributed by atoms with Gasteiger partial charge >= 0.3 is 0 Å². The van der Waals surface area contributed by atoms with Crippen LogP contribution >= 0.6 is 0 Å². The molecular formula is C17H17N3O3. The average Bonchev–Trinajstić information content (AvgIpc) is 2.84. The third kappa shape index (κ3) is 2.25. The van der Waals surface area contributed by atoms with E-state index < -0.39 is 5.91 Å². The zero-order valence-corrected chi connectivity index (χ0v) is 12.5. The Kier molecular flexibility index (Phi) is 3.25. The van der Waals surface area contributed by atoms with Crippen LogP contribution in [0.2, 0.25) is 0 Å². The van der Waals surface area contributed by atoms with Crippen LogP contribution in [0, 0.1) is 23.7 Å². The summed E-state index contributed by atoms with van der Waals surface area (Å²) >= 11 is 0. The lowest BCUT2D eigenvalue weighted by molar-refractivity contribution is -0.142. The summed E-state index contributed by atoms with van der Waals surface area (Å²) < 4.78 is 0. The molecular weight excluding hydrogens is 294 g/mol. The van der Waals surface area contributed by atoms with Gasteiger partial charge in [-0.25, -0.2) is 4.98 Å². The van der Waals surface area contributed by atoms with E-state index in [2.05, 4.69) is 22.5 Å². The summed E-state index contributed by atoms with van der Waals surface area (Å²) in [5.74, 6) is -0.635. The van der Waals surface area contributed by atoms with Gasteiger partial charge in [-0.2, -0.15) is 0 Å². The van der Waals surface area contributed by atoms with Crippen LogP contribution in [0.4, 0.5) is 5.82 Å². The quantitative estimate of drug-likeness (QED) is 0.672. The molecule has 4 atom stereocenters. The molecule has 1 N–H and O–H groups in total. The minimum Gasteiger partial charge on any atom is -0.309 e. The summed E-state index contributed by atoms with van der Waals surface area (Å²) in [5.41, 5.74) is 0. The molecule has 6 nitrogen and oxygen atoms in total. The number of nitrogens with zero attached hydrogens (tertiary/aromatic N) is 2. The lowest BCUT2D eigenvalue weighted by atomic mass is 9.63. The molecule has 0 radical (unpaired) electrons. The Morgan fingerprint density at radius 2 is 1.78 bits per heavy atom. The van der Waals surface area contributed by atoms with Gasteiger partial charge in [0.1, 0.15) is 12.4 Å². The van der Waals surface area contributed by atoms with Gasteiger partial charge in [-0.05, 0) is 36.8 Å². The van der Waals surface area contributed by atoms with Crippen molar-refractivity contribution in [3.63, 3.8) is 0 Å². The fraction of sp³-hybridized carbons (Fsp3) is 0.412. The second kappa shape index (κ2) is 5.30. The number of anilines is 1. The average molecular weight is 311 g/mol.